The van der Waals surface area contributed by atoms with E-state index in [4.69, 9.17) is 23.7 Å². The molecule has 6 fully saturated rings. The van der Waals surface area contributed by atoms with E-state index in [1.165, 1.54) is 22.3 Å². The van der Waals surface area contributed by atoms with Crippen molar-refractivity contribution in [2.75, 3.05) is 33.0 Å². The maximum absolute atomic E-state index is 13.8. The molecule has 1 amide bonds. The Labute approximate surface area is 266 Å². The number of fused-ring (bicyclic) bond motifs is 9. The molecule has 240 valence electrons. The van der Waals surface area contributed by atoms with Crippen molar-refractivity contribution in [2.45, 2.75) is 88.7 Å². The van der Waals surface area contributed by atoms with E-state index in [1.807, 2.05) is 0 Å². The molecule has 0 aromatic heterocycles. The maximum atomic E-state index is 13.8. The molecule has 2 aromatic carbocycles. The van der Waals surface area contributed by atoms with Gasteiger partial charge in [0.2, 0.25) is 0 Å². The Kier molecular flexibility index (Phi) is 6.56. The van der Waals surface area contributed by atoms with Crippen LogP contribution >= 0.6 is 0 Å². The van der Waals surface area contributed by atoms with Crippen molar-refractivity contribution in [3.63, 3.8) is 0 Å². The van der Waals surface area contributed by atoms with Crippen LogP contribution in [0.1, 0.15) is 82.3 Å². The molecule has 1 N–H and O–H groups in total. The number of ether oxygens (including phenoxy) is 5. The van der Waals surface area contributed by atoms with Crippen LogP contribution in [0.25, 0.3) is 11.1 Å². The summed E-state index contributed by atoms with van der Waals surface area (Å²) in [5.74, 6) is 0.850. The molecule has 7 atom stereocenters. The van der Waals surface area contributed by atoms with Gasteiger partial charge in [-0.2, -0.15) is 0 Å². The first-order valence-electron chi connectivity index (χ1n) is 17.5. The fraction of sp³-hybridized carbons (Fsp3) is 0.658. The first-order chi connectivity index (χ1) is 21.8. The lowest BCUT2D eigenvalue weighted by Crippen LogP contribution is -2.64. The highest BCUT2D eigenvalue weighted by atomic mass is 16.7. The second-order valence-electron chi connectivity index (χ2n) is 15.6. The molecule has 4 saturated carbocycles. The van der Waals surface area contributed by atoms with Crippen molar-refractivity contribution in [1.82, 2.24) is 5.32 Å². The summed E-state index contributed by atoms with van der Waals surface area (Å²) >= 11 is 0. The summed E-state index contributed by atoms with van der Waals surface area (Å²) in [5, 5.41) is 3.50. The van der Waals surface area contributed by atoms with Gasteiger partial charge in [0.25, 0.3) is 0 Å². The number of alkyl carbamates (subject to hydrolysis) is 1. The average Bonchev–Trinajstić information content (AvgIpc) is 3.84. The van der Waals surface area contributed by atoms with E-state index in [0.717, 1.165) is 51.4 Å². The van der Waals surface area contributed by atoms with Gasteiger partial charge in [-0.25, -0.2) is 4.79 Å². The van der Waals surface area contributed by atoms with Gasteiger partial charge in [0.15, 0.2) is 11.6 Å². The van der Waals surface area contributed by atoms with Gasteiger partial charge in [0.1, 0.15) is 6.61 Å². The lowest BCUT2D eigenvalue weighted by molar-refractivity contribution is -0.260. The Morgan fingerprint density at radius 3 is 2.18 bits per heavy atom. The number of rotatable bonds is 3. The van der Waals surface area contributed by atoms with E-state index >= 15 is 0 Å². The molecule has 45 heavy (non-hydrogen) atoms. The molecular weight excluding hydrogens is 566 g/mol. The minimum atomic E-state index is -0.475. The number of carbonyl (C=O) groups excluding carboxylic acids is 1. The van der Waals surface area contributed by atoms with Crippen molar-refractivity contribution >= 4 is 6.09 Å². The maximum Gasteiger partial charge on any atom is 0.407 e. The van der Waals surface area contributed by atoms with Crippen molar-refractivity contribution < 1.29 is 28.5 Å². The van der Waals surface area contributed by atoms with Crippen LogP contribution in [0.15, 0.2) is 48.5 Å². The van der Waals surface area contributed by atoms with Gasteiger partial charge in [-0.3, -0.25) is 0 Å². The van der Waals surface area contributed by atoms with Crippen LogP contribution in [-0.2, 0) is 23.7 Å². The first kappa shape index (κ1) is 28.7. The van der Waals surface area contributed by atoms with E-state index in [0.29, 0.717) is 56.7 Å². The second-order valence-corrected chi connectivity index (χ2v) is 15.6. The van der Waals surface area contributed by atoms with Crippen molar-refractivity contribution in [2.24, 2.45) is 34.5 Å². The van der Waals surface area contributed by atoms with Gasteiger partial charge in [-0.05, 0) is 83.4 Å². The Morgan fingerprint density at radius 1 is 0.822 bits per heavy atom. The van der Waals surface area contributed by atoms with Gasteiger partial charge in [0.05, 0.1) is 26.4 Å². The molecule has 2 aliphatic heterocycles. The quantitative estimate of drug-likeness (QED) is 0.401. The third-order valence-electron chi connectivity index (χ3n) is 14.0. The largest absolute Gasteiger partial charge is 0.449 e. The normalized spacial score (nSPS) is 38.8. The highest BCUT2D eigenvalue weighted by molar-refractivity contribution is 5.79. The molecule has 2 spiro atoms. The molecular formula is C38H47NO6. The predicted molar refractivity (Wildman–Crippen MR) is 168 cm³/mol. The van der Waals surface area contributed by atoms with Gasteiger partial charge in [-0.15, -0.1) is 0 Å². The molecule has 2 heterocycles. The van der Waals surface area contributed by atoms with Crippen LogP contribution in [0.4, 0.5) is 4.79 Å². The monoisotopic (exact) mass is 613 g/mol. The Bertz CT molecular complexity index is 1430. The highest BCUT2D eigenvalue weighted by Gasteiger charge is 2.69. The molecule has 0 bridgehead atoms. The van der Waals surface area contributed by atoms with Crippen LogP contribution in [-0.4, -0.2) is 56.7 Å². The van der Waals surface area contributed by atoms with E-state index in [-0.39, 0.29) is 28.9 Å². The van der Waals surface area contributed by atoms with Crippen molar-refractivity contribution in [1.29, 1.82) is 0 Å². The zero-order valence-electron chi connectivity index (χ0n) is 26.7. The topological polar surface area (TPSA) is 75.3 Å². The van der Waals surface area contributed by atoms with Crippen molar-refractivity contribution in [3.8, 4) is 11.1 Å². The number of amides is 1. The number of benzene rings is 2. The predicted octanol–water partition coefficient (Wildman–Crippen LogP) is 7.03. The smallest absolute Gasteiger partial charge is 0.407 e. The fourth-order valence-electron chi connectivity index (χ4n) is 11.8. The third kappa shape index (κ3) is 4.12. The average molecular weight is 614 g/mol. The summed E-state index contributed by atoms with van der Waals surface area (Å²) in [6, 6.07) is 17.1. The number of hydrogen-bond acceptors (Lipinski definition) is 6. The molecule has 5 aliphatic carbocycles. The summed E-state index contributed by atoms with van der Waals surface area (Å²) in [6.45, 7) is 8.01. The van der Waals surface area contributed by atoms with Crippen molar-refractivity contribution in [3.05, 3.63) is 59.7 Å². The van der Waals surface area contributed by atoms with Crippen LogP contribution in [0.3, 0.4) is 0 Å². The van der Waals surface area contributed by atoms with Gasteiger partial charge in [-0.1, -0.05) is 62.4 Å². The second kappa shape index (κ2) is 10.3. The fourth-order valence-corrected chi connectivity index (χ4v) is 11.8. The molecule has 9 rings (SSSR count). The molecule has 7 aliphatic rings. The Hall–Kier alpha value is -2.45. The Morgan fingerprint density at radius 2 is 1.47 bits per heavy atom. The summed E-state index contributed by atoms with van der Waals surface area (Å²) in [5.41, 5.74) is 5.10. The molecule has 2 aromatic rings. The Balaban J connectivity index is 0.995. The molecule has 0 radical (unpaired) electrons. The van der Waals surface area contributed by atoms with Gasteiger partial charge >= 0.3 is 6.09 Å². The van der Waals surface area contributed by atoms with Crippen LogP contribution in [0.5, 0.6) is 0 Å². The summed E-state index contributed by atoms with van der Waals surface area (Å²) < 4.78 is 31.6. The van der Waals surface area contributed by atoms with E-state index in [2.05, 4.69) is 67.7 Å². The van der Waals surface area contributed by atoms with E-state index in [1.54, 1.807) is 0 Å². The highest BCUT2D eigenvalue weighted by Crippen LogP contribution is 2.70. The lowest BCUT2D eigenvalue weighted by Gasteiger charge is -2.64. The molecule has 4 unspecified atom stereocenters. The lowest BCUT2D eigenvalue weighted by atomic mass is 9.43. The van der Waals surface area contributed by atoms with Crippen LogP contribution in [0.2, 0.25) is 0 Å². The first-order valence-corrected chi connectivity index (χ1v) is 17.5. The zero-order chi connectivity index (χ0) is 30.4. The SMILES string of the molecule is C[C@]12CCC3(CC1C[C@@H](NC(=O)OCC1c4ccccc4-c4ccccc41)C1C2CC[C@@]2(C)C1CCC21OCCO1)OCCO3. The third-order valence-corrected chi connectivity index (χ3v) is 14.0. The van der Waals surface area contributed by atoms with Crippen LogP contribution in [0, 0.1) is 34.5 Å². The minimum absolute atomic E-state index is 0.0291. The zero-order valence-corrected chi connectivity index (χ0v) is 26.7. The summed E-state index contributed by atoms with van der Waals surface area (Å²) in [7, 11) is 0. The van der Waals surface area contributed by atoms with Crippen LogP contribution < -0.4 is 5.32 Å². The molecule has 7 heteroatoms. The van der Waals surface area contributed by atoms with E-state index < -0.39 is 11.6 Å². The molecule has 7 nitrogen and oxygen atoms in total. The van der Waals surface area contributed by atoms with Gasteiger partial charge in [0, 0.05) is 36.6 Å². The standard InChI is InChI=1S/C38H47NO6/c1-35-15-16-37(42-17-18-43-37)22-24(35)21-32(33-30(35)11-13-36(2)31(33)12-14-38(36)44-19-20-45-38)39-34(40)41-23-29-27-9-5-3-7-25(27)26-8-4-6-10-28(26)29/h3-10,24,29-33H,11-23H2,1-2H3,(H,39,40)/t24?,30?,31?,32-,33?,35+,36+/m1/s1. The number of nitrogens with one attached hydrogen (secondary N) is 1. The minimum Gasteiger partial charge on any atom is -0.449 e. The summed E-state index contributed by atoms with van der Waals surface area (Å²) in [4.78, 5) is 13.8. The number of carbonyl (C=O) groups is 1. The summed E-state index contributed by atoms with van der Waals surface area (Å²) in [6.07, 6.45) is 7.89. The van der Waals surface area contributed by atoms with E-state index in [9.17, 15) is 4.79 Å². The van der Waals surface area contributed by atoms with Gasteiger partial charge < -0.3 is 29.0 Å². The number of hydrogen-bond donors (Lipinski definition) is 1. The molecule has 2 saturated heterocycles.